The first-order valence-corrected chi connectivity index (χ1v) is 12.2. The number of primary sulfonamides is 1. The van der Waals surface area contributed by atoms with E-state index in [1.807, 2.05) is 24.3 Å². The Hall–Kier alpha value is -2.68. The van der Waals surface area contributed by atoms with Crippen molar-refractivity contribution >= 4 is 27.0 Å². The molecule has 1 aliphatic heterocycles. The molecule has 1 fully saturated rings. The van der Waals surface area contributed by atoms with E-state index in [9.17, 15) is 23.7 Å². The Kier molecular flexibility index (Phi) is 5.55. The number of rotatable bonds is 6. The molecule has 33 heavy (non-hydrogen) atoms. The minimum atomic E-state index is -3.74. The number of anilines is 1. The smallest absolute Gasteiger partial charge is 0.209 e. The number of nitrogens with zero attached hydrogens (tertiary/aromatic N) is 4. The maximum atomic E-state index is 11.3. The molecule has 0 amide bonds. The zero-order chi connectivity index (χ0) is 23.3. The first-order valence-electron chi connectivity index (χ1n) is 10.4. The van der Waals surface area contributed by atoms with Gasteiger partial charge in [-0.25, -0.2) is 28.5 Å². The zero-order valence-electron chi connectivity index (χ0n) is 17.4. The summed E-state index contributed by atoms with van der Waals surface area (Å²) in [6.07, 6.45) is -2.04. The summed E-state index contributed by atoms with van der Waals surface area (Å²) in [7, 11) is -3.74. The average molecular weight is 477 g/mol. The molecule has 12 nitrogen and oxygen atoms in total. The molecule has 3 aromatic rings. The monoisotopic (exact) mass is 476 g/mol. The van der Waals surface area contributed by atoms with Crippen molar-refractivity contribution in [2.75, 3.05) is 11.1 Å². The summed E-state index contributed by atoms with van der Waals surface area (Å²) in [4.78, 5) is 12.9. The molecule has 13 heteroatoms. The van der Waals surface area contributed by atoms with Gasteiger partial charge in [-0.2, -0.15) is 0 Å². The highest BCUT2D eigenvalue weighted by Gasteiger charge is 2.44. The van der Waals surface area contributed by atoms with Gasteiger partial charge in [0, 0.05) is 6.42 Å². The highest BCUT2D eigenvalue weighted by Crippen LogP contribution is 2.36. The lowest BCUT2D eigenvalue weighted by Gasteiger charge is -2.19. The second-order valence-electron chi connectivity index (χ2n) is 8.34. The van der Waals surface area contributed by atoms with Gasteiger partial charge in [-0.3, -0.25) is 4.57 Å². The number of ether oxygens (including phenoxy) is 1. The fraction of sp³-hybridized carbons (Fsp3) is 0.450. The molecule has 0 radical (unpaired) electrons. The van der Waals surface area contributed by atoms with Crippen molar-refractivity contribution in [1.29, 1.82) is 0 Å². The van der Waals surface area contributed by atoms with E-state index in [1.165, 1.54) is 17.2 Å². The fourth-order valence-corrected chi connectivity index (χ4v) is 5.08. The lowest BCUT2D eigenvalue weighted by Crippen LogP contribution is -2.33. The van der Waals surface area contributed by atoms with Gasteiger partial charge in [0.1, 0.15) is 18.5 Å². The van der Waals surface area contributed by atoms with E-state index in [0.717, 1.165) is 11.1 Å². The van der Waals surface area contributed by atoms with E-state index < -0.39 is 40.7 Å². The normalized spacial score (nSPS) is 29.5. The Morgan fingerprint density at radius 3 is 2.73 bits per heavy atom. The average Bonchev–Trinajstić information content (AvgIpc) is 3.42. The lowest BCUT2D eigenvalue weighted by molar-refractivity contribution is -0.0353. The summed E-state index contributed by atoms with van der Waals surface area (Å²) in [5.41, 5.74) is 2.77. The molecule has 0 bridgehead atoms. The van der Waals surface area contributed by atoms with Crippen molar-refractivity contribution in [3.8, 4) is 0 Å². The Labute approximate surface area is 189 Å². The summed E-state index contributed by atoms with van der Waals surface area (Å²) in [5, 5.41) is 39.7. The van der Waals surface area contributed by atoms with Crippen LogP contribution in [0.4, 0.5) is 5.82 Å². The van der Waals surface area contributed by atoms with Crippen LogP contribution in [-0.4, -0.2) is 73.4 Å². The number of nitrogens with one attached hydrogen (secondary N) is 1. The number of sulfonamides is 1. The predicted molar refractivity (Wildman–Crippen MR) is 116 cm³/mol. The van der Waals surface area contributed by atoms with Crippen LogP contribution in [0, 0.1) is 0 Å². The molecule has 6 N–H and O–H groups in total. The van der Waals surface area contributed by atoms with Gasteiger partial charge < -0.3 is 25.4 Å². The number of imidazole rings is 1. The van der Waals surface area contributed by atoms with E-state index in [2.05, 4.69) is 20.3 Å². The number of aliphatic hydroxyl groups is 3. The second-order valence-corrected chi connectivity index (χ2v) is 10.1. The molecule has 2 aromatic heterocycles. The zero-order valence-corrected chi connectivity index (χ0v) is 18.2. The number of fused-ring (bicyclic) bond motifs is 2. The third kappa shape index (κ3) is 4.07. The Bertz CT molecular complexity index is 1280. The first kappa shape index (κ1) is 22.1. The predicted octanol–water partition coefficient (Wildman–Crippen LogP) is -0.806. The molecule has 1 aliphatic carbocycles. The van der Waals surface area contributed by atoms with E-state index in [-0.39, 0.29) is 18.2 Å². The van der Waals surface area contributed by atoms with Crippen molar-refractivity contribution in [3.63, 3.8) is 0 Å². The molecule has 1 aromatic carbocycles. The third-order valence-electron chi connectivity index (χ3n) is 6.15. The number of hydrogen-bond acceptors (Lipinski definition) is 10. The van der Waals surface area contributed by atoms with Crippen LogP contribution in [-0.2, 0) is 21.2 Å². The van der Waals surface area contributed by atoms with Crippen molar-refractivity contribution < 1.29 is 28.5 Å². The second kappa shape index (κ2) is 8.27. The standard InChI is InChI=1S/C20H24N6O6S/c21-33(30,31)6-5-13-16(28)17(29)20(32-13)26-9-24-15-18(22-8-23-19(15)26)25-14-11-4-2-1-3-10(11)7-12(14)27/h1-4,8-9,12-14,16-17,20,27-29H,5-7H2,(H2,21,30,31)(H,22,23,25)/t12-,13+,14?,16+,17+,20+/m0/s1. The van der Waals surface area contributed by atoms with Gasteiger partial charge in [0.25, 0.3) is 0 Å². The molecular formula is C20H24N6O6S. The highest BCUT2D eigenvalue weighted by atomic mass is 32.2. The van der Waals surface area contributed by atoms with Gasteiger partial charge >= 0.3 is 0 Å². The number of aromatic nitrogens is 4. The maximum absolute atomic E-state index is 11.3. The summed E-state index contributed by atoms with van der Waals surface area (Å²) >= 11 is 0. The Morgan fingerprint density at radius 2 is 1.94 bits per heavy atom. The van der Waals surface area contributed by atoms with Crippen LogP contribution in [0.5, 0.6) is 0 Å². The van der Waals surface area contributed by atoms with Crippen molar-refractivity contribution in [2.45, 2.75) is 49.5 Å². The molecule has 1 unspecified atom stereocenters. The van der Waals surface area contributed by atoms with Gasteiger partial charge in [-0.1, -0.05) is 24.3 Å². The van der Waals surface area contributed by atoms with Gasteiger partial charge in [0.2, 0.25) is 10.0 Å². The highest BCUT2D eigenvalue weighted by molar-refractivity contribution is 7.89. The van der Waals surface area contributed by atoms with Crippen molar-refractivity contribution in [1.82, 2.24) is 19.5 Å². The molecular weight excluding hydrogens is 452 g/mol. The van der Waals surface area contributed by atoms with Crippen LogP contribution in [0.25, 0.3) is 11.2 Å². The maximum Gasteiger partial charge on any atom is 0.209 e. The van der Waals surface area contributed by atoms with Gasteiger partial charge in [-0.15, -0.1) is 0 Å². The topological polar surface area (TPSA) is 186 Å². The quantitative estimate of drug-likeness (QED) is 0.301. The van der Waals surface area contributed by atoms with Crippen LogP contribution in [0.2, 0.25) is 0 Å². The molecule has 0 saturated carbocycles. The number of aliphatic hydroxyl groups excluding tert-OH is 3. The van der Waals surface area contributed by atoms with Crippen LogP contribution >= 0.6 is 0 Å². The molecule has 0 spiro atoms. The van der Waals surface area contributed by atoms with Crippen molar-refractivity contribution in [2.24, 2.45) is 5.14 Å². The van der Waals surface area contributed by atoms with E-state index >= 15 is 0 Å². The third-order valence-corrected chi connectivity index (χ3v) is 6.96. The molecule has 2 aliphatic rings. The number of benzene rings is 1. The van der Waals surface area contributed by atoms with Crippen LogP contribution < -0.4 is 10.5 Å². The summed E-state index contributed by atoms with van der Waals surface area (Å²) in [5.74, 6) is 0.0126. The molecule has 1 saturated heterocycles. The minimum Gasteiger partial charge on any atom is -0.390 e. The Morgan fingerprint density at radius 1 is 1.15 bits per heavy atom. The van der Waals surface area contributed by atoms with Gasteiger partial charge in [-0.05, 0) is 17.5 Å². The largest absolute Gasteiger partial charge is 0.390 e. The summed E-state index contributed by atoms with van der Waals surface area (Å²) in [6, 6.07) is 7.39. The molecule has 176 valence electrons. The lowest BCUT2D eigenvalue weighted by atomic mass is 10.1. The fourth-order valence-electron chi connectivity index (χ4n) is 4.52. The molecule has 5 rings (SSSR count). The first-order chi connectivity index (χ1) is 15.7. The Balaban J connectivity index is 1.41. The molecule has 3 heterocycles. The van der Waals surface area contributed by atoms with Crippen LogP contribution in [0.15, 0.2) is 36.9 Å². The van der Waals surface area contributed by atoms with Crippen molar-refractivity contribution in [3.05, 3.63) is 48.0 Å². The minimum absolute atomic E-state index is 0.0685. The van der Waals surface area contributed by atoms with E-state index in [4.69, 9.17) is 9.88 Å². The van der Waals surface area contributed by atoms with Crippen LogP contribution in [0.3, 0.4) is 0 Å². The van der Waals surface area contributed by atoms with Gasteiger partial charge in [0.05, 0.1) is 30.3 Å². The SMILES string of the molecule is NS(=O)(=O)CC[C@H]1O[C@@H](n2cnc3c(NC4c5ccccc5C[C@@H]4O)ncnc32)[C@H](O)[C@@H]1O. The van der Waals surface area contributed by atoms with Crippen LogP contribution in [0.1, 0.15) is 29.8 Å². The number of hydrogen-bond donors (Lipinski definition) is 5. The number of nitrogens with two attached hydrogens (primary N) is 1. The summed E-state index contributed by atoms with van der Waals surface area (Å²) in [6.45, 7) is 0. The summed E-state index contributed by atoms with van der Waals surface area (Å²) < 4.78 is 29.7. The van der Waals surface area contributed by atoms with E-state index in [0.29, 0.717) is 23.4 Å². The van der Waals surface area contributed by atoms with Gasteiger partial charge in [0.15, 0.2) is 23.2 Å². The molecule has 6 atom stereocenters. The van der Waals surface area contributed by atoms with E-state index in [1.54, 1.807) is 0 Å².